The average molecular weight is 391 g/mol. The van der Waals surface area contributed by atoms with Crippen LogP contribution in [0.3, 0.4) is 0 Å². The minimum Gasteiger partial charge on any atom is -0.452 e. The molecule has 0 atom stereocenters. The second kappa shape index (κ2) is 8.26. The summed E-state index contributed by atoms with van der Waals surface area (Å²) in [5.74, 6) is -1.33. The Balaban J connectivity index is 1.89. The zero-order valence-electron chi connectivity index (χ0n) is 12.8. The van der Waals surface area contributed by atoms with Gasteiger partial charge in [-0.15, -0.1) is 0 Å². The minimum atomic E-state index is -0.645. The number of benzene rings is 2. The highest BCUT2D eigenvalue weighted by Gasteiger charge is 2.11. The van der Waals surface area contributed by atoms with Gasteiger partial charge in [0.1, 0.15) is 0 Å². The molecule has 0 bridgehead atoms. The molecule has 2 amide bonds. The quantitative estimate of drug-likeness (QED) is 0.767. The lowest BCUT2D eigenvalue weighted by molar-refractivity contribution is -0.119. The normalized spacial score (nSPS) is 9.92. The van der Waals surface area contributed by atoms with Crippen LogP contribution < -0.4 is 10.6 Å². The van der Waals surface area contributed by atoms with Gasteiger partial charge in [-0.25, -0.2) is 4.79 Å². The van der Waals surface area contributed by atoms with Gasteiger partial charge in [-0.2, -0.15) is 0 Å². The van der Waals surface area contributed by atoms with E-state index in [0.717, 1.165) is 4.47 Å². The van der Waals surface area contributed by atoms with E-state index >= 15 is 0 Å². The van der Waals surface area contributed by atoms with Gasteiger partial charge >= 0.3 is 5.97 Å². The second-order valence-corrected chi connectivity index (χ2v) is 5.81. The summed E-state index contributed by atoms with van der Waals surface area (Å²) in [6, 6.07) is 13.3. The number of rotatable bonds is 5. The molecule has 0 fully saturated rings. The molecule has 0 radical (unpaired) electrons. The van der Waals surface area contributed by atoms with Crippen molar-refractivity contribution in [2.75, 3.05) is 17.2 Å². The summed E-state index contributed by atoms with van der Waals surface area (Å²) in [5.41, 5.74) is 1.33. The lowest BCUT2D eigenvalue weighted by atomic mass is 10.2. The number of carbonyl (C=O) groups excluding carboxylic acids is 3. The fraction of sp³-hybridized carbons (Fsp3) is 0.118. The van der Waals surface area contributed by atoms with Crippen molar-refractivity contribution in [3.8, 4) is 0 Å². The number of amides is 2. The highest BCUT2D eigenvalue weighted by atomic mass is 79.9. The Morgan fingerprint density at radius 1 is 1.00 bits per heavy atom. The lowest BCUT2D eigenvalue weighted by Gasteiger charge is -2.08. The molecule has 0 unspecified atom stereocenters. The van der Waals surface area contributed by atoms with Gasteiger partial charge in [0.2, 0.25) is 5.91 Å². The van der Waals surface area contributed by atoms with E-state index in [9.17, 15) is 14.4 Å². The van der Waals surface area contributed by atoms with Crippen molar-refractivity contribution >= 4 is 45.1 Å². The number of hydrogen-bond acceptors (Lipinski definition) is 4. The number of anilines is 2. The predicted molar refractivity (Wildman–Crippen MR) is 93.8 cm³/mol. The number of nitrogens with one attached hydrogen (secondary N) is 2. The van der Waals surface area contributed by atoms with E-state index < -0.39 is 18.5 Å². The molecular formula is C17H15BrN2O4. The second-order valence-electron chi connectivity index (χ2n) is 4.89. The number of ether oxygens (including phenoxy) is 1. The summed E-state index contributed by atoms with van der Waals surface area (Å²) in [6.45, 7) is 0.969. The van der Waals surface area contributed by atoms with Crippen molar-refractivity contribution in [1.82, 2.24) is 0 Å². The summed E-state index contributed by atoms with van der Waals surface area (Å²) in [6.07, 6.45) is 0. The van der Waals surface area contributed by atoms with E-state index in [0.29, 0.717) is 11.4 Å². The van der Waals surface area contributed by atoms with Gasteiger partial charge in [0.05, 0.1) is 5.56 Å². The molecule has 6 nitrogen and oxygen atoms in total. The molecule has 0 aliphatic rings. The number of carbonyl (C=O) groups is 3. The molecular weight excluding hydrogens is 376 g/mol. The van der Waals surface area contributed by atoms with E-state index in [2.05, 4.69) is 26.6 Å². The van der Waals surface area contributed by atoms with Crippen LogP contribution in [0.25, 0.3) is 0 Å². The Labute approximate surface area is 147 Å². The van der Waals surface area contributed by atoms with Gasteiger partial charge in [0.15, 0.2) is 6.61 Å². The van der Waals surface area contributed by atoms with Crippen molar-refractivity contribution in [1.29, 1.82) is 0 Å². The Morgan fingerprint density at radius 3 is 2.38 bits per heavy atom. The Hall–Kier alpha value is -2.67. The third-order valence-electron chi connectivity index (χ3n) is 2.88. The van der Waals surface area contributed by atoms with Gasteiger partial charge in [-0.1, -0.05) is 22.0 Å². The summed E-state index contributed by atoms with van der Waals surface area (Å²) >= 11 is 3.30. The van der Waals surface area contributed by atoms with Crippen LogP contribution in [-0.4, -0.2) is 24.4 Å². The van der Waals surface area contributed by atoms with Crippen LogP contribution in [0.1, 0.15) is 17.3 Å². The highest BCUT2D eigenvalue weighted by molar-refractivity contribution is 9.10. The molecule has 7 heteroatoms. The van der Waals surface area contributed by atoms with E-state index in [1.54, 1.807) is 42.5 Å². The molecule has 2 aromatic rings. The Kier molecular flexibility index (Phi) is 6.08. The topological polar surface area (TPSA) is 84.5 Å². The fourth-order valence-electron chi connectivity index (χ4n) is 1.87. The van der Waals surface area contributed by atoms with Crippen molar-refractivity contribution in [3.63, 3.8) is 0 Å². The van der Waals surface area contributed by atoms with Crippen LogP contribution in [0.5, 0.6) is 0 Å². The first-order chi connectivity index (χ1) is 11.4. The fourth-order valence-corrected chi connectivity index (χ4v) is 2.14. The van der Waals surface area contributed by atoms with Crippen molar-refractivity contribution < 1.29 is 19.1 Å². The first kappa shape index (κ1) is 17.7. The predicted octanol–water partition coefficient (Wildman–Crippen LogP) is 3.20. The summed E-state index contributed by atoms with van der Waals surface area (Å²) in [4.78, 5) is 34.8. The van der Waals surface area contributed by atoms with Crippen LogP contribution in [0.15, 0.2) is 53.0 Å². The smallest absolute Gasteiger partial charge is 0.338 e. The summed E-state index contributed by atoms with van der Waals surface area (Å²) in [5, 5.41) is 5.19. The van der Waals surface area contributed by atoms with Gasteiger partial charge in [-0.05, 0) is 42.5 Å². The third-order valence-corrected chi connectivity index (χ3v) is 3.41. The first-order valence-corrected chi connectivity index (χ1v) is 7.83. The lowest BCUT2D eigenvalue weighted by Crippen LogP contribution is -2.21. The van der Waals surface area contributed by atoms with Crippen molar-refractivity contribution in [3.05, 3.63) is 58.6 Å². The molecule has 0 saturated heterocycles. The third kappa shape index (κ3) is 5.51. The number of hydrogen-bond donors (Lipinski definition) is 2. The van der Waals surface area contributed by atoms with Gasteiger partial charge in [-0.3, -0.25) is 9.59 Å². The molecule has 0 aromatic heterocycles. The average Bonchev–Trinajstić information content (AvgIpc) is 2.54. The zero-order valence-corrected chi connectivity index (χ0v) is 14.4. The van der Waals surface area contributed by atoms with Crippen LogP contribution in [-0.2, 0) is 14.3 Å². The highest BCUT2D eigenvalue weighted by Crippen LogP contribution is 2.14. The van der Waals surface area contributed by atoms with Gasteiger partial charge in [0, 0.05) is 22.8 Å². The Bertz CT molecular complexity index is 759. The first-order valence-electron chi connectivity index (χ1n) is 7.04. The van der Waals surface area contributed by atoms with Crippen LogP contribution in [0, 0.1) is 0 Å². The largest absolute Gasteiger partial charge is 0.452 e. The van der Waals surface area contributed by atoms with Crippen molar-refractivity contribution in [2.24, 2.45) is 0 Å². The molecule has 0 spiro atoms. The molecule has 2 N–H and O–H groups in total. The van der Waals surface area contributed by atoms with Gasteiger partial charge in [0.25, 0.3) is 5.91 Å². The van der Waals surface area contributed by atoms with E-state index in [4.69, 9.17) is 4.74 Å². The van der Waals surface area contributed by atoms with Crippen LogP contribution in [0.4, 0.5) is 11.4 Å². The van der Waals surface area contributed by atoms with Crippen LogP contribution >= 0.6 is 15.9 Å². The maximum atomic E-state index is 12.0. The molecule has 2 rings (SSSR count). The SMILES string of the molecule is CC(=O)Nc1cccc(C(=O)OCC(=O)Nc2ccc(Br)cc2)c1. The Morgan fingerprint density at radius 2 is 1.71 bits per heavy atom. The standard InChI is InChI=1S/C17H15BrN2O4/c1-11(21)19-15-4-2-3-12(9-15)17(23)24-10-16(22)20-14-7-5-13(18)6-8-14/h2-9H,10H2,1H3,(H,19,21)(H,20,22). The van der Waals surface area contributed by atoms with Crippen LogP contribution in [0.2, 0.25) is 0 Å². The number of esters is 1. The molecule has 0 heterocycles. The van der Waals surface area contributed by atoms with E-state index in [1.165, 1.54) is 13.0 Å². The maximum absolute atomic E-state index is 12.0. The maximum Gasteiger partial charge on any atom is 0.338 e. The summed E-state index contributed by atoms with van der Waals surface area (Å²) < 4.78 is 5.87. The minimum absolute atomic E-state index is 0.241. The van der Waals surface area contributed by atoms with E-state index in [-0.39, 0.29) is 11.5 Å². The number of halogens is 1. The molecule has 24 heavy (non-hydrogen) atoms. The summed E-state index contributed by atoms with van der Waals surface area (Å²) in [7, 11) is 0. The molecule has 0 aliphatic heterocycles. The van der Waals surface area contributed by atoms with Crippen molar-refractivity contribution in [2.45, 2.75) is 6.92 Å². The molecule has 0 saturated carbocycles. The van der Waals surface area contributed by atoms with E-state index in [1.807, 2.05) is 0 Å². The molecule has 124 valence electrons. The zero-order chi connectivity index (χ0) is 17.5. The molecule has 0 aliphatic carbocycles. The molecule has 2 aromatic carbocycles. The monoisotopic (exact) mass is 390 g/mol. The van der Waals surface area contributed by atoms with Gasteiger partial charge < -0.3 is 15.4 Å².